The molecule has 0 saturated carbocycles. The minimum absolute atomic E-state index is 0.00262. The average molecular weight is 468 g/mol. The summed E-state index contributed by atoms with van der Waals surface area (Å²) in [6.45, 7) is 5.36. The van der Waals surface area contributed by atoms with Gasteiger partial charge in [0.05, 0.1) is 6.54 Å². The van der Waals surface area contributed by atoms with Gasteiger partial charge in [0.1, 0.15) is 0 Å². The van der Waals surface area contributed by atoms with E-state index in [9.17, 15) is 9.59 Å². The van der Waals surface area contributed by atoms with Crippen molar-refractivity contribution in [3.8, 4) is 23.0 Å². The van der Waals surface area contributed by atoms with E-state index in [1.54, 1.807) is 12.1 Å². The molecule has 2 aromatic rings. The van der Waals surface area contributed by atoms with E-state index in [0.29, 0.717) is 49.9 Å². The van der Waals surface area contributed by atoms with Crippen LogP contribution >= 0.6 is 0 Å². The average Bonchev–Trinajstić information content (AvgIpc) is 3.51. The highest BCUT2D eigenvalue weighted by atomic mass is 16.7. The summed E-state index contributed by atoms with van der Waals surface area (Å²) >= 11 is 0. The number of rotatable bonds is 7. The Morgan fingerprint density at radius 3 is 2.29 bits per heavy atom. The summed E-state index contributed by atoms with van der Waals surface area (Å²) in [6, 6.07) is 11.2. The van der Waals surface area contributed by atoms with Crippen LogP contribution in [0.3, 0.4) is 0 Å². The van der Waals surface area contributed by atoms with Crippen molar-refractivity contribution in [1.29, 1.82) is 0 Å². The molecular weight excluding hydrogens is 438 g/mol. The number of amides is 2. The van der Waals surface area contributed by atoms with Crippen LogP contribution in [0, 0.1) is 5.92 Å². The molecule has 3 aliphatic rings. The van der Waals surface area contributed by atoms with Gasteiger partial charge in [0.15, 0.2) is 23.0 Å². The fourth-order valence-electron chi connectivity index (χ4n) is 4.50. The normalized spacial score (nSPS) is 17.0. The van der Waals surface area contributed by atoms with E-state index >= 15 is 0 Å². The van der Waals surface area contributed by atoms with Crippen LogP contribution in [-0.2, 0) is 16.1 Å². The monoisotopic (exact) mass is 467 g/mol. The molecule has 0 radical (unpaired) electrons. The molecular formula is C25H29N3O6. The van der Waals surface area contributed by atoms with Crippen LogP contribution in [0.15, 0.2) is 36.4 Å². The fraction of sp³-hybridized carbons (Fsp3) is 0.440. The number of likely N-dealkylation sites (tertiary alicyclic amines) is 1. The van der Waals surface area contributed by atoms with Crippen LogP contribution in [0.4, 0.5) is 5.69 Å². The molecule has 0 aliphatic carbocycles. The first-order chi connectivity index (χ1) is 16.6. The van der Waals surface area contributed by atoms with E-state index in [4.69, 9.17) is 18.9 Å². The molecule has 1 N–H and O–H groups in total. The lowest BCUT2D eigenvalue weighted by molar-refractivity contribution is -0.133. The number of nitrogens with zero attached hydrogens (tertiary/aromatic N) is 2. The predicted octanol–water partition coefficient (Wildman–Crippen LogP) is 2.84. The van der Waals surface area contributed by atoms with Gasteiger partial charge in [0.2, 0.25) is 25.4 Å². The molecule has 5 rings (SSSR count). The number of benzene rings is 2. The Morgan fingerprint density at radius 2 is 1.59 bits per heavy atom. The van der Waals surface area contributed by atoms with Crippen molar-refractivity contribution in [3.63, 3.8) is 0 Å². The molecule has 0 bridgehead atoms. The number of likely N-dealkylation sites (N-methyl/N-ethyl adjacent to an activating group) is 1. The van der Waals surface area contributed by atoms with Crippen molar-refractivity contribution in [2.24, 2.45) is 5.92 Å². The largest absolute Gasteiger partial charge is 0.454 e. The molecule has 2 aromatic carbocycles. The van der Waals surface area contributed by atoms with Gasteiger partial charge in [-0.3, -0.25) is 14.5 Å². The molecule has 0 spiro atoms. The first-order valence-corrected chi connectivity index (χ1v) is 11.7. The molecule has 9 nitrogen and oxygen atoms in total. The number of hydrogen-bond acceptors (Lipinski definition) is 7. The second-order valence-corrected chi connectivity index (χ2v) is 8.70. The van der Waals surface area contributed by atoms with Gasteiger partial charge < -0.3 is 29.2 Å². The third-order valence-electron chi connectivity index (χ3n) is 6.50. The highest BCUT2D eigenvalue weighted by molar-refractivity contribution is 5.93. The molecule has 1 saturated heterocycles. The van der Waals surface area contributed by atoms with Gasteiger partial charge in [-0.15, -0.1) is 0 Å². The fourth-order valence-corrected chi connectivity index (χ4v) is 4.50. The SMILES string of the molecule is CCN(Cc1ccc2c(c1)OCO2)C(=O)CN1CCC(C(=O)Nc2ccc3c(c2)OCO3)CC1. The smallest absolute Gasteiger partial charge is 0.237 e. The number of fused-ring (bicyclic) bond motifs is 2. The predicted molar refractivity (Wildman–Crippen MR) is 124 cm³/mol. The van der Waals surface area contributed by atoms with Gasteiger partial charge in [0.25, 0.3) is 0 Å². The maximum absolute atomic E-state index is 13.0. The zero-order chi connectivity index (χ0) is 23.5. The minimum Gasteiger partial charge on any atom is -0.454 e. The van der Waals surface area contributed by atoms with E-state index in [1.807, 2.05) is 36.1 Å². The Balaban J connectivity index is 1.09. The number of nitrogens with one attached hydrogen (secondary N) is 1. The molecule has 2 amide bonds. The van der Waals surface area contributed by atoms with Crippen molar-refractivity contribution in [2.45, 2.75) is 26.3 Å². The summed E-state index contributed by atoms with van der Waals surface area (Å²) in [7, 11) is 0. The van der Waals surface area contributed by atoms with Crippen molar-refractivity contribution in [2.75, 3.05) is 45.1 Å². The number of ether oxygens (including phenoxy) is 4. The molecule has 180 valence electrons. The summed E-state index contributed by atoms with van der Waals surface area (Å²) in [5.41, 5.74) is 1.72. The van der Waals surface area contributed by atoms with Crippen molar-refractivity contribution < 1.29 is 28.5 Å². The van der Waals surface area contributed by atoms with Crippen molar-refractivity contribution in [3.05, 3.63) is 42.0 Å². The molecule has 9 heteroatoms. The summed E-state index contributed by atoms with van der Waals surface area (Å²) in [4.78, 5) is 29.7. The maximum atomic E-state index is 13.0. The molecule has 1 fully saturated rings. The van der Waals surface area contributed by atoms with E-state index in [1.165, 1.54) is 0 Å². The topological polar surface area (TPSA) is 89.6 Å². The third kappa shape index (κ3) is 4.89. The van der Waals surface area contributed by atoms with Gasteiger partial charge in [-0.05, 0) is 62.7 Å². The lowest BCUT2D eigenvalue weighted by Crippen LogP contribution is -2.44. The summed E-state index contributed by atoms with van der Waals surface area (Å²) in [5, 5.41) is 2.98. The lowest BCUT2D eigenvalue weighted by Gasteiger charge is -2.32. The third-order valence-corrected chi connectivity index (χ3v) is 6.50. The van der Waals surface area contributed by atoms with Gasteiger partial charge in [0, 0.05) is 30.8 Å². The highest BCUT2D eigenvalue weighted by Crippen LogP contribution is 2.35. The summed E-state index contributed by atoms with van der Waals surface area (Å²) in [5.74, 6) is 2.81. The van der Waals surface area contributed by atoms with Crippen molar-refractivity contribution in [1.82, 2.24) is 9.80 Å². The second kappa shape index (κ2) is 9.80. The number of carbonyl (C=O) groups excluding carboxylic acids is 2. The Kier molecular flexibility index (Phi) is 6.44. The maximum Gasteiger partial charge on any atom is 0.237 e. The standard InChI is InChI=1S/C25H29N3O6/c1-2-28(13-17-3-5-20-22(11-17)33-15-31-20)24(29)14-27-9-7-18(8-10-27)25(30)26-19-4-6-21-23(12-19)34-16-32-21/h3-6,11-12,18H,2,7-10,13-16H2,1H3,(H,26,30). The van der Waals surface area contributed by atoms with Crippen LogP contribution in [0.2, 0.25) is 0 Å². The lowest BCUT2D eigenvalue weighted by atomic mass is 9.95. The van der Waals surface area contributed by atoms with Crippen LogP contribution in [-0.4, -0.2) is 61.4 Å². The minimum atomic E-state index is -0.0762. The summed E-state index contributed by atoms with van der Waals surface area (Å²) in [6.07, 6.45) is 1.44. The van der Waals surface area contributed by atoms with Crippen LogP contribution in [0.5, 0.6) is 23.0 Å². The van der Waals surface area contributed by atoms with E-state index in [-0.39, 0.29) is 31.3 Å². The first-order valence-electron chi connectivity index (χ1n) is 11.7. The Labute approximate surface area is 198 Å². The molecule has 0 aromatic heterocycles. The zero-order valence-corrected chi connectivity index (χ0v) is 19.2. The van der Waals surface area contributed by atoms with E-state index in [2.05, 4.69) is 10.2 Å². The zero-order valence-electron chi connectivity index (χ0n) is 19.2. The summed E-state index contributed by atoms with van der Waals surface area (Å²) < 4.78 is 21.5. The molecule has 3 aliphatic heterocycles. The first kappa shape index (κ1) is 22.3. The second-order valence-electron chi connectivity index (χ2n) is 8.70. The van der Waals surface area contributed by atoms with Crippen LogP contribution in [0.1, 0.15) is 25.3 Å². The number of anilines is 1. The Bertz CT molecular complexity index is 1070. The Hall–Kier alpha value is -3.46. The van der Waals surface area contributed by atoms with E-state index < -0.39 is 0 Å². The van der Waals surface area contributed by atoms with Gasteiger partial charge in [-0.1, -0.05) is 6.07 Å². The number of carbonyl (C=O) groups is 2. The van der Waals surface area contributed by atoms with Crippen LogP contribution in [0.25, 0.3) is 0 Å². The molecule has 0 atom stereocenters. The Morgan fingerprint density at radius 1 is 0.941 bits per heavy atom. The number of piperidine rings is 1. The quantitative estimate of drug-likeness (QED) is 0.670. The van der Waals surface area contributed by atoms with Crippen LogP contribution < -0.4 is 24.3 Å². The molecule has 3 heterocycles. The van der Waals surface area contributed by atoms with Gasteiger partial charge >= 0.3 is 0 Å². The van der Waals surface area contributed by atoms with Gasteiger partial charge in [-0.2, -0.15) is 0 Å². The number of hydrogen-bond donors (Lipinski definition) is 1. The molecule has 0 unspecified atom stereocenters. The van der Waals surface area contributed by atoms with Crippen molar-refractivity contribution >= 4 is 17.5 Å². The highest BCUT2D eigenvalue weighted by Gasteiger charge is 2.27. The molecule has 34 heavy (non-hydrogen) atoms. The van der Waals surface area contributed by atoms with E-state index in [0.717, 1.165) is 29.9 Å². The van der Waals surface area contributed by atoms with Gasteiger partial charge in [-0.25, -0.2) is 0 Å².